The number of hydrogen-bond donors (Lipinski definition) is 2. The van der Waals surface area contributed by atoms with Gasteiger partial charge in [0.05, 0.1) is 12.1 Å². The van der Waals surface area contributed by atoms with E-state index in [-0.39, 0.29) is 29.3 Å². The highest BCUT2D eigenvalue weighted by Gasteiger charge is 2.27. The Labute approximate surface area is 186 Å². The Morgan fingerprint density at radius 3 is 2.58 bits per heavy atom. The van der Waals surface area contributed by atoms with Crippen molar-refractivity contribution in [1.82, 2.24) is 4.72 Å². The number of hydrogen-bond acceptors (Lipinski definition) is 4. The number of anilines is 2. The van der Waals surface area contributed by atoms with Crippen LogP contribution in [0.25, 0.3) is 0 Å². The molecule has 0 bridgehead atoms. The molecule has 0 unspecified atom stereocenters. The maximum Gasteiger partial charge on any atom is 0.242 e. The number of carbonyl (C=O) groups is 1. The molecule has 0 aromatic heterocycles. The average molecular weight is 444 g/mol. The van der Waals surface area contributed by atoms with Gasteiger partial charge in [0.15, 0.2) is 0 Å². The van der Waals surface area contributed by atoms with Crippen molar-refractivity contribution >= 4 is 27.3 Å². The minimum absolute atomic E-state index is 0.173. The topological polar surface area (TPSA) is 78.5 Å². The smallest absolute Gasteiger partial charge is 0.242 e. The first-order valence-corrected chi connectivity index (χ1v) is 12.5. The molecule has 3 rings (SSSR count). The molecule has 1 aliphatic heterocycles. The van der Waals surface area contributed by atoms with E-state index in [0.717, 1.165) is 31.4 Å². The molecule has 6 nitrogen and oxygen atoms in total. The van der Waals surface area contributed by atoms with Gasteiger partial charge in [-0.3, -0.25) is 4.79 Å². The lowest BCUT2D eigenvalue weighted by Crippen LogP contribution is -2.39. The van der Waals surface area contributed by atoms with Crippen molar-refractivity contribution in [1.29, 1.82) is 0 Å². The van der Waals surface area contributed by atoms with Crippen LogP contribution in [0.4, 0.5) is 11.4 Å². The van der Waals surface area contributed by atoms with Crippen molar-refractivity contribution in [2.75, 3.05) is 16.8 Å². The zero-order chi connectivity index (χ0) is 22.4. The highest BCUT2D eigenvalue weighted by Crippen LogP contribution is 2.33. The van der Waals surface area contributed by atoms with Gasteiger partial charge < -0.3 is 10.2 Å². The van der Waals surface area contributed by atoms with Crippen LogP contribution in [0.5, 0.6) is 0 Å². The summed E-state index contributed by atoms with van der Waals surface area (Å²) in [7, 11) is -3.74. The van der Waals surface area contributed by atoms with Gasteiger partial charge in [-0.2, -0.15) is 0 Å². The Balaban J connectivity index is 1.91. The normalized spacial score (nSPS) is 17.9. The zero-order valence-electron chi connectivity index (χ0n) is 18.6. The number of nitrogens with zero attached hydrogens (tertiary/aromatic N) is 1. The van der Waals surface area contributed by atoms with Gasteiger partial charge in [0.2, 0.25) is 15.9 Å². The average Bonchev–Trinajstić information content (AvgIpc) is 2.74. The molecule has 1 aliphatic rings. The Kier molecular flexibility index (Phi) is 7.73. The number of nitrogens with one attached hydrogen (secondary N) is 2. The third-order valence-electron chi connectivity index (χ3n) is 5.82. The molecule has 2 aromatic rings. The molecule has 1 amide bonds. The van der Waals surface area contributed by atoms with Crippen molar-refractivity contribution in [3.63, 3.8) is 0 Å². The molecule has 0 saturated carbocycles. The van der Waals surface area contributed by atoms with Gasteiger partial charge in [0.1, 0.15) is 4.90 Å². The van der Waals surface area contributed by atoms with Gasteiger partial charge in [-0.1, -0.05) is 37.3 Å². The van der Waals surface area contributed by atoms with Crippen molar-refractivity contribution in [2.45, 2.75) is 69.9 Å². The summed E-state index contributed by atoms with van der Waals surface area (Å²) >= 11 is 0. The van der Waals surface area contributed by atoms with Crippen molar-refractivity contribution in [3.8, 4) is 0 Å². The van der Waals surface area contributed by atoms with Gasteiger partial charge in [-0.15, -0.1) is 0 Å². The lowest BCUT2D eigenvalue weighted by Gasteiger charge is -2.36. The summed E-state index contributed by atoms with van der Waals surface area (Å²) in [6.07, 6.45) is 4.16. The number of rotatable bonds is 8. The number of carbonyl (C=O) groups excluding carboxylic acids is 1. The summed E-state index contributed by atoms with van der Waals surface area (Å²) in [5.41, 5.74) is 2.09. The molecule has 2 aromatic carbocycles. The lowest BCUT2D eigenvalue weighted by atomic mass is 10.0. The molecule has 1 fully saturated rings. The fourth-order valence-electron chi connectivity index (χ4n) is 3.90. The van der Waals surface area contributed by atoms with Crippen LogP contribution in [0.3, 0.4) is 0 Å². The van der Waals surface area contributed by atoms with E-state index in [1.54, 1.807) is 12.1 Å². The van der Waals surface area contributed by atoms with Gasteiger partial charge in [0, 0.05) is 24.3 Å². The highest BCUT2D eigenvalue weighted by atomic mass is 32.2. The van der Waals surface area contributed by atoms with E-state index in [9.17, 15) is 13.2 Å². The van der Waals surface area contributed by atoms with Crippen molar-refractivity contribution in [2.24, 2.45) is 0 Å². The van der Waals surface area contributed by atoms with Crippen LogP contribution >= 0.6 is 0 Å². The summed E-state index contributed by atoms with van der Waals surface area (Å²) in [5.74, 6) is -0.177. The zero-order valence-corrected chi connectivity index (χ0v) is 19.4. The molecule has 0 aliphatic carbocycles. The van der Waals surface area contributed by atoms with E-state index in [2.05, 4.69) is 21.9 Å². The fraction of sp³-hybridized carbons (Fsp3) is 0.458. The number of amides is 1. The molecule has 2 atom stereocenters. The minimum Gasteiger partial charge on any atom is -0.368 e. The predicted octanol–water partition coefficient (Wildman–Crippen LogP) is 4.32. The summed E-state index contributed by atoms with van der Waals surface area (Å²) in [6, 6.07) is 14.8. The van der Waals surface area contributed by atoms with E-state index in [1.165, 1.54) is 0 Å². The van der Waals surface area contributed by atoms with Gasteiger partial charge in [0.25, 0.3) is 0 Å². The summed E-state index contributed by atoms with van der Waals surface area (Å²) in [4.78, 5) is 14.9. The fourth-order valence-corrected chi connectivity index (χ4v) is 5.46. The lowest BCUT2D eigenvalue weighted by molar-refractivity contribution is -0.115. The summed E-state index contributed by atoms with van der Waals surface area (Å²) in [6.45, 7) is 6.76. The Hall–Kier alpha value is -2.38. The molecule has 168 valence electrons. The number of piperidine rings is 1. The molecule has 2 N–H and O–H groups in total. The van der Waals surface area contributed by atoms with Crippen LogP contribution < -0.4 is 14.9 Å². The third-order valence-corrected chi connectivity index (χ3v) is 7.44. The van der Waals surface area contributed by atoms with Crippen LogP contribution in [0.15, 0.2) is 53.4 Å². The maximum atomic E-state index is 13.3. The standard InChI is InChI=1S/C24H33N3O3S/c1-4-18(2)26-31(29,30)23-17-21(25-24(28)16-20-11-6-5-7-12-20)13-14-22(23)27-15-9-8-10-19(27)3/h5-7,11-14,17-19,26H,4,8-10,15-16H2,1-3H3,(H,25,28)/t18-,19-/m1/s1. The quantitative estimate of drug-likeness (QED) is 0.637. The second-order valence-corrected chi connectivity index (χ2v) is 10.0. The van der Waals surface area contributed by atoms with E-state index in [4.69, 9.17) is 0 Å². The van der Waals surface area contributed by atoms with Crippen LogP contribution in [0.2, 0.25) is 0 Å². The molecular formula is C24H33N3O3S. The first-order chi connectivity index (χ1) is 14.8. The molecule has 0 spiro atoms. The van der Waals surface area contributed by atoms with E-state index in [0.29, 0.717) is 17.8 Å². The van der Waals surface area contributed by atoms with Crippen molar-refractivity contribution < 1.29 is 13.2 Å². The summed E-state index contributed by atoms with van der Waals surface area (Å²) in [5, 5.41) is 2.86. The maximum absolute atomic E-state index is 13.3. The van der Waals surface area contributed by atoms with Crippen molar-refractivity contribution in [3.05, 3.63) is 54.1 Å². The molecule has 7 heteroatoms. The van der Waals surface area contributed by atoms with Crippen LogP contribution in [0.1, 0.15) is 52.0 Å². The largest absolute Gasteiger partial charge is 0.368 e. The Morgan fingerprint density at radius 2 is 1.90 bits per heavy atom. The van der Waals surface area contributed by atoms with Crippen LogP contribution in [0, 0.1) is 0 Å². The highest BCUT2D eigenvalue weighted by molar-refractivity contribution is 7.89. The SMILES string of the molecule is CC[C@@H](C)NS(=O)(=O)c1cc(NC(=O)Cc2ccccc2)ccc1N1CCCC[C@H]1C. The van der Waals surface area contributed by atoms with Crippen LogP contribution in [-0.4, -0.2) is 33.0 Å². The monoisotopic (exact) mass is 443 g/mol. The van der Waals surface area contributed by atoms with E-state index < -0.39 is 10.0 Å². The molecule has 0 radical (unpaired) electrons. The number of sulfonamides is 1. The Bertz CT molecular complexity index is 992. The van der Waals surface area contributed by atoms with Gasteiger partial charge in [-0.05, 0) is 63.3 Å². The predicted molar refractivity (Wildman–Crippen MR) is 126 cm³/mol. The van der Waals surface area contributed by atoms with E-state index >= 15 is 0 Å². The second kappa shape index (κ2) is 10.3. The summed E-state index contributed by atoms with van der Waals surface area (Å²) < 4.78 is 29.3. The van der Waals surface area contributed by atoms with Crippen LogP contribution in [-0.2, 0) is 21.2 Å². The second-order valence-electron chi connectivity index (χ2n) is 8.36. The molecule has 1 heterocycles. The first kappa shape index (κ1) is 23.3. The number of benzene rings is 2. The van der Waals surface area contributed by atoms with Gasteiger partial charge >= 0.3 is 0 Å². The molecular weight excluding hydrogens is 410 g/mol. The molecule has 1 saturated heterocycles. The minimum atomic E-state index is -3.74. The van der Waals surface area contributed by atoms with E-state index in [1.807, 2.05) is 50.2 Å². The molecule has 31 heavy (non-hydrogen) atoms. The third kappa shape index (κ3) is 6.08. The van der Waals surface area contributed by atoms with Gasteiger partial charge in [-0.25, -0.2) is 13.1 Å². The Morgan fingerprint density at radius 1 is 1.16 bits per heavy atom. The first-order valence-electron chi connectivity index (χ1n) is 11.1.